The van der Waals surface area contributed by atoms with Gasteiger partial charge in [0.2, 0.25) is 0 Å². The number of nitrogens with zero attached hydrogens (tertiary/aromatic N) is 2. The van der Waals surface area contributed by atoms with Crippen LogP contribution in [0.2, 0.25) is 0 Å². The lowest BCUT2D eigenvalue weighted by atomic mass is 10.1. The Morgan fingerprint density at radius 2 is 1.88 bits per heavy atom. The van der Waals surface area contributed by atoms with E-state index in [0.29, 0.717) is 11.3 Å². The molecular weight excluding hydrogens is 330 g/mol. The van der Waals surface area contributed by atoms with Crippen LogP contribution in [-0.2, 0) is 6.54 Å². The largest absolute Gasteiger partial charge is 0.348 e. The molecule has 6 nitrogen and oxygen atoms in total. The van der Waals surface area contributed by atoms with Crippen LogP contribution in [0.5, 0.6) is 0 Å². The molecule has 1 amide bonds. The summed E-state index contributed by atoms with van der Waals surface area (Å²) in [6, 6.07) is 7.73. The van der Waals surface area contributed by atoms with Crippen molar-refractivity contribution in [3.8, 4) is 11.3 Å². The molecule has 0 bridgehead atoms. The van der Waals surface area contributed by atoms with Crippen LogP contribution in [0.1, 0.15) is 15.9 Å². The van der Waals surface area contributed by atoms with Crippen LogP contribution in [0.25, 0.3) is 11.3 Å². The van der Waals surface area contributed by atoms with Crippen molar-refractivity contribution in [2.45, 2.75) is 6.54 Å². The van der Waals surface area contributed by atoms with Crippen LogP contribution in [0.4, 0.5) is 8.78 Å². The van der Waals surface area contributed by atoms with Gasteiger partial charge in [0.15, 0.2) is 0 Å². The van der Waals surface area contributed by atoms with Gasteiger partial charge in [0, 0.05) is 36.1 Å². The number of H-pyrrole nitrogens is 1. The molecule has 3 rings (SSSR count). The second-order valence-corrected chi connectivity index (χ2v) is 5.15. The number of aromatic nitrogens is 3. The molecule has 0 radical (unpaired) electrons. The number of halogens is 2. The summed E-state index contributed by atoms with van der Waals surface area (Å²) in [5.41, 5.74) is 0.332. The minimum absolute atomic E-state index is 0.106. The van der Waals surface area contributed by atoms with E-state index < -0.39 is 23.1 Å². The van der Waals surface area contributed by atoms with Crippen LogP contribution in [0, 0.1) is 11.6 Å². The number of benzene rings is 1. The van der Waals surface area contributed by atoms with Crippen LogP contribution < -0.4 is 10.9 Å². The zero-order valence-corrected chi connectivity index (χ0v) is 12.8. The Labute approximate surface area is 140 Å². The SMILES string of the molecule is O=C(NCc1ccc(F)cc1F)c1cc(-c2ccncc2)n[nH]c1=O. The van der Waals surface area contributed by atoms with Crippen molar-refractivity contribution in [1.29, 1.82) is 0 Å². The maximum absolute atomic E-state index is 13.6. The monoisotopic (exact) mass is 342 g/mol. The minimum atomic E-state index is -0.776. The number of rotatable bonds is 4. The van der Waals surface area contributed by atoms with E-state index in [0.717, 1.165) is 12.1 Å². The molecule has 2 N–H and O–H groups in total. The van der Waals surface area contributed by atoms with Gasteiger partial charge in [0.1, 0.15) is 17.2 Å². The molecule has 3 aromatic rings. The summed E-state index contributed by atoms with van der Waals surface area (Å²) in [5, 5.41) is 8.57. The smallest absolute Gasteiger partial charge is 0.277 e. The van der Waals surface area contributed by atoms with Gasteiger partial charge in [-0.1, -0.05) is 6.07 Å². The van der Waals surface area contributed by atoms with Gasteiger partial charge in [-0.2, -0.15) is 5.10 Å². The van der Waals surface area contributed by atoms with Crippen LogP contribution in [0.15, 0.2) is 53.6 Å². The lowest BCUT2D eigenvalue weighted by molar-refractivity contribution is 0.0949. The number of carbonyl (C=O) groups excluding carboxylic acids is 1. The van der Waals surface area contributed by atoms with Crippen LogP contribution in [0.3, 0.4) is 0 Å². The summed E-state index contributed by atoms with van der Waals surface area (Å²) >= 11 is 0. The fourth-order valence-electron chi connectivity index (χ4n) is 2.18. The third-order valence-electron chi connectivity index (χ3n) is 3.48. The fraction of sp³-hybridized carbons (Fsp3) is 0.0588. The number of pyridine rings is 1. The Morgan fingerprint density at radius 1 is 1.12 bits per heavy atom. The first-order valence-corrected chi connectivity index (χ1v) is 7.27. The second-order valence-electron chi connectivity index (χ2n) is 5.15. The summed E-state index contributed by atoms with van der Waals surface area (Å²) in [4.78, 5) is 28.0. The Morgan fingerprint density at radius 3 is 2.60 bits per heavy atom. The lowest BCUT2D eigenvalue weighted by Gasteiger charge is -2.07. The molecule has 126 valence electrons. The third-order valence-corrected chi connectivity index (χ3v) is 3.48. The molecule has 25 heavy (non-hydrogen) atoms. The molecule has 0 fully saturated rings. The summed E-state index contributed by atoms with van der Waals surface area (Å²) in [7, 11) is 0. The Hall–Kier alpha value is -3.42. The average Bonchev–Trinajstić information content (AvgIpc) is 2.62. The number of nitrogens with one attached hydrogen (secondary N) is 2. The quantitative estimate of drug-likeness (QED) is 0.759. The second kappa shape index (κ2) is 7.00. The van der Waals surface area contributed by atoms with Gasteiger partial charge in [0.25, 0.3) is 11.5 Å². The summed E-state index contributed by atoms with van der Waals surface area (Å²) in [6.45, 7) is -0.183. The van der Waals surface area contributed by atoms with Crippen LogP contribution in [-0.4, -0.2) is 21.1 Å². The van der Waals surface area contributed by atoms with E-state index >= 15 is 0 Å². The van der Waals surface area contributed by atoms with E-state index in [9.17, 15) is 18.4 Å². The van der Waals surface area contributed by atoms with E-state index in [-0.39, 0.29) is 17.7 Å². The lowest BCUT2D eigenvalue weighted by Crippen LogP contribution is -2.30. The van der Waals surface area contributed by atoms with Crippen molar-refractivity contribution in [2.75, 3.05) is 0 Å². The van der Waals surface area contributed by atoms with Crippen molar-refractivity contribution in [1.82, 2.24) is 20.5 Å². The van der Waals surface area contributed by atoms with E-state index in [2.05, 4.69) is 20.5 Å². The molecule has 0 saturated heterocycles. The van der Waals surface area contributed by atoms with E-state index in [1.165, 1.54) is 12.1 Å². The number of hydrogen-bond donors (Lipinski definition) is 2. The molecule has 2 aromatic heterocycles. The van der Waals surface area contributed by atoms with Crippen molar-refractivity contribution in [3.05, 3.63) is 81.9 Å². The van der Waals surface area contributed by atoms with Crippen molar-refractivity contribution in [2.24, 2.45) is 0 Å². The van der Waals surface area contributed by atoms with E-state index in [4.69, 9.17) is 0 Å². The molecule has 0 atom stereocenters. The predicted molar refractivity (Wildman–Crippen MR) is 85.6 cm³/mol. The highest BCUT2D eigenvalue weighted by Crippen LogP contribution is 2.14. The Kier molecular flexibility index (Phi) is 4.60. The van der Waals surface area contributed by atoms with Crippen molar-refractivity contribution >= 4 is 5.91 Å². The molecule has 2 heterocycles. The van der Waals surface area contributed by atoms with Gasteiger partial charge in [-0.15, -0.1) is 0 Å². The third kappa shape index (κ3) is 3.74. The maximum Gasteiger partial charge on any atom is 0.277 e. The van der Waals surface area contributed by atoms with E-state index in [1.807, 2.05) is 0 Å². The number of carbonyl (C=O) groups is 1. The highest BCUT2D eigenvalue weighted by atomic mass is 19.1. The average molecular weight is 342 g/mol. The number of amides is 1. The summed E-state index contributed by atoms with van der Waals surface area (Å²) in [6.07, 6.45) is 3.11. The number of hydrogen-bond acceptors (Lipinski definition) is 4. The van der Waals surface area contributed by atoms with Crippen molar-refractivity contribution in [3.63, 3.8) is 0 Å². The van der Waals surface area contributed by atoms with Gasteiger partial charge in [-0.05, 0) is 24.3 Å². The predicted octanol–water partition coefficient (Wildman–Crippen LogP) is 2.04. The molecule has 1 aromatic carbocycles. The standard InChI is InChI=1S/C17H12F2N4O2/c18-12-2-1-11(14(19)7-12)9-21-16(24)13-8-15(22-23-17(13)25)10-3-5-20-6-4-10/h1-8H,9H2,(H,21,24)(H,23,25). The fourth-order valence-corrected chi connectivity index (χ4v) is 2.18. The van der Waals surface area contributed by atoms with Crippen molar-refractivity contribution < 1.29 is 13.6 Å². The zero-order valence-electron chi connectivity index (χ0n) is 12.8. The summed E-state index contributed by atoms with van der Waals surface area (Å²) in [5.74, 6) is -2.18. The molecule has 0 unspecified atom stereocenters. The van der Waals surface area contributed by atoms with Gasteiger partial charge < -0.3 is 5.32 Å². The summed E-state index contributed by atoms with van der Waals surface area (Å²) < 4.78 is 26.5. The topological polar surface area (TPSA) is 87.7 Å². The zero-order chi connectivity index (χ0) is 17.8. The molecule has 8 heteroatoms. The highest BCUT2D eigenvalue weighted by molar-refractivity contribution is 5.94. The first-order chi connectivity index (χ1) is 12.0. The minimum Gasteiger partial charge on any atom is -0.348 e. The first kappa shape index (κ1) is 16.4. The molecule has 0 aliphatic heterocycles. The highest BCUT2D eigenvalue weighted by Gasteiger charge is 2.14. The molecule has 0 spiro atoms. The Bertz CT molecular complexity index is 974. The van der Waals surface area contributed by atoms with Gasteiger partial charge in [0.05, 0.1) is 5.69 Å². The van der Waals surface area contributed by atoms with Gasteiger partial charge in [-0.25, -0.2) is 13.9 Å². The first-order valence-electron chi connectivity index (χ1n) is 7.27. The molecule has 0 aliphatic rings. The molecular formula is C17H12F2N4O2. The number of aromatic amines is 1. The van der Waals surface area contributed by atoms with Crippen LogP contribution >= 0.6 is 0 Å². The molecule has 0 aliphatic carbocycles. The van der Waals surface area contributed by atoms with E-state index in [1.54, 1.807) is 24.5 Å². The normalized spacial score (nSPS) is 10.5. The van der Waals surface area contributed by atoms with Gasteiger partial charge >= 0.3 is 0 Å². The maximum atomic E-state index is 13.6. The molecule has 0 saturated carbocycles. The van der Waals surface area contributed by atoms with Gasteiger partial charge in [-0.3, -0.25) is 14.6 Å². The Balaban J connectivity index is 1.81.